The molecular weight excluding hydrogens is 252 g/mol. The van der Waals surface area contributed by atoms with Crippen LogP contribution in [0.15, 0.2) is 24.3 Å². The lowest BCUT2D eigenvalue weighted by Crippen LogP contribution is -2.27. The van der Waals surface area contributed by atoms with Crippen LogP contribution in [0, 0.1) is 11.3 Å². The van der Waals surface area contributed by atoms with E-state index in [1.807, 2.05) is 24.3 Å². The number of nitriles is 1. The minimum Gasteiger partial charge on any atom is -0.389 e. The van der Waals surface area contributed by atoms with E-state index in [-0.39, 0.29) is 0 Å². The first kappa shape index (κ1) is 14.8. The molecule has 0 saturated heterocycles. The number of hydrogen-bond acceptors (Lipinski definition) is 4. The summed E-state index contributed by atoms with van der Waals surface area (Å²) in [6.45, 7) is 0.870. The van der Waals surface area contributed by atoms with Crippen molar-refractivity contribution in [3.8, 4) is 6.07 Å². The highest BCUT2D eigenvalue weighted by Gasteiger charge is 2.16. The third-order valence-electron chi connectivity index (χ3n) is 3.61. The van der Waals surface area contributed by atoms with E-state index >= 15 is 0 Å². The van der Waals surface area contributed by atoms with Gasteiger partial charge in [0.2, 0.25) is 0 Å². The van der Waals surface area contributed by atoms with Crippen molar-refractivity contribution in [2.75, 3.05) is 18.5 Å². The Labute approximate surface area is 120 Å². The molecule has 1 unspecified atom stereocenters. The summed E-state index contributed by atoms with van der Waals surface area (Å²) in [7, 11) is 0. The predicted octanol–water partition coefficient (Wildman–Crippen LogP) is 2.48. The summed E-state index contributed by atoms with van der Waals surface area (Å²) in [5.74, 6) is 0. The Hall–Kier alpha value is -1.57. The molecule has 2 N–H and O–H groups in total. The summed E-state index contributed by atoms with van der Waals surface area (Å²) in [6, 6.07) is 9.82. The average molecular weight is 274 g/mol. The minimum atomic E-state index is -0.491. The van der Waals surface area contributed by atoms with Crippen LogP contribution in [0.1, 0.15) is 31.2 Å². The van der Waals surface area contributed by atoms with E-state index in [9.17, 15) is 5.11 Å². The van der Waals surface area contributed by atoms with Crippen LogP contribution in [-0.2, 0) is 11.2 Å². The molecular formula is C16H22N2O2. The first-order chi connectivity index (χ1) is 9.78. The fraction of sp³-hybridized carbons (Fsp3) is 0.562. The zero-order valence-corrected chi connectivity index (χ0v) is 11.7. The van der Waals surface area contributed by atoms with Gasteiger partial charge in [0.15, 0.2) is 0 Å². The van der Waals surface area contributed by atoms with E-state index in [1.165, 1.54) is 12.8 Å². The quantitative estimate of drug-likeness (QED) is 0.801. The zero-order valence-electron chi connectivity index (χ0n) is 11.7. The lowest BCUT2D eigenvalue weighted by atomic mass is 10.1. The third kappa shape index (κ3) is 4.84. The summed E-state index contributed by atoms with van der Waals surface area (Å²) in [4.78, 5) is 0. The van der Waals surface area contributed by atoms with Gasteiger partial charge in [-0.15, -0.1) is 0 Å². The normalized spacial score (nSPS) is 16.8. The van der Waals surface area contributed by atoms with Crippen molar-refractivity contribution in [3.05, 3.63) is 29.8 Å². The molecule has 1 aromatic carbocycles. The van der Waals surface area contributed by atoms with Crippen LogP contribution in [0.2, 0.25) is 0 Å². The molecule has 1 saturated carbocycles. The zero-order chi connectivity index (χ0) is 14.2. The molecule has 1 aliphatic carbocycles. The summed E-state index contributed by atoms with van der Waals surface area (Å²) in [6.07, 6.45) is 5.02. The van der Waals surface area contributed by atoms with Gasteiger partial charge in [0.25, 0.3) is 0 Å². The Bertz CT molecular complexity index is 433. The molecule has 2 rings (SSSR count). The Kier molecular flexibility index (Phi) is 5.85. The van der Waals surface area contributed by atoms with Gasteiger partial charge in [0.05, 0.1) is 31.3 Å². The largest absolute Gasteiger partial charge is 0.389 e. The predicted molar refractivity (Wildman–Crippen MR) is 78.5 cm³/mol. The molecule has 1 fully saturated rings. The Morgan fingerprint density at radius 2 is 2.00 bits per heavy atom. The molecule has 0 aliphatic heterocycles. The van der Waals surface area contributed by atoms with Gasteiger partial charge < -0.3 is 15.2 Å². The summed E-state index contributed by atoms with van der Waals surface area (Å²) in [5, 5.41) is 21.7. The van der Waals surface area contributed by atoms with Gasteiger partial charge in [-0.2, -0.15) is 5.26 Å². The van der Waals surface area contributed by atoms with Gasteiger partial charge in [-0.05, 0) is 30.5 Å². The van der Waals surface area contributed by atoms with Crippen LogP contribution >= 0.6 is 0 Å². The molecule has 0 heterocycles. The van der Waals surface area contributed by atoms with Crippen molar-refractivity contribution in [2.24, 2.45) is 0 Å². The first-order valence-corrected chi connectivity index (χ1v) is 7.27. The van der Waals surface area contributed by atoms with Crippen molar-refractivity contribution in [1.29, 1.82) is 5.26 Å². The lowest BCUT2D eigenvalue weighted by Gasteiger charge is -2.16. The van der Waals surface area contributed by atoms with Crippen LogP contribution < -0.4 is 5.32 Å². The molecule has 0 spiro atoms. The SMILES string of the molecule is N#CCc1ccc(NCC(O)COC2CCCC2)cc1. The second kappa shape index (κ2) is 7.88. The van der Waals surface area contributed by atoms with E-state index in [1.54, 1.807) is 0 Å². The number of aliphatic hydroxyl groups is 1. The van der Waals surface area contributed by atoms with Crippen LogP contribution in [0.25, 0.3) is 0 Å². The highest BCUT2D eigenvalue weighted by Crippen LogP contribution is 2.20. The van der Waals surface area contributed by atoms with E-state index in [0.717, 1.165) is 24.1 Å². The average Bonchev–Trinajstić information content (AvgIpc) is 2.98. The lowest BCUT2D eigenvalue weighted by molar-refractivity contribution is -0.00117. The number of aliphatic hydroxyl groups excluding tert-OH is 1. The summed E-state index contributed by atoms with van der Waals surface area (Å²) in [5.41, 5.74) is 1.95. The van der Waals surface area contributed by atoms with Gasteiger partial charge in [0.1, 0.15) is 0 Å². The first-order valence-electron chi connectivity index (χ1n) is 7.27. The van der Waals surface area contributed by atoms with E-state index in [4.69, 9.17) is 10.00 Å². The highest BCUT2D eigenvalue weighted by molar-refractivity contribution is 5.45. The number of rotatable bonds is 7. The molecule has 1 atom stereocenters. The molecule has 1 aliphatic rings. The van der Waals surface area contributed by atoms with Gasteiger partial charge >= 0.3 is 0 Å². The van der Waals surface area contributed by atoms with Crippen LogP contribution in [0.3, 0.4) is 0 Å². The topological polar surface area (TPSA) is 65.3 Å². The molecule has 0 amide bonds. The third-order valence-corrected chi connectivity index (χ3v) is 3.61. The summed E-state index contributed by atoms with van der Waals surface area (Å²) < 4.78 is 5.68. The highest BCUT2D eigenvalue weighted by atomic mass is 16.5. The van der Waals surface area contributed by atoms with Crippen molar-refractivity contribution >= 4 is 5.69 Å². The molecule has 0 aromatic heterocycles. The standard InChI is InChI=1S/C16H22N2O2/c17-10-9-13-5-7-14(8-6-13)18-11-15(19)12-20-16-3-1-2-4-16/h5-8,15-16,18-19H,1-4,9,11-12H2. The maximum absolute atomic E-state index is 9.88. The molecule has 0 radical (unpaired) electrons. The smallest absolute Gasteiger partial charge is 0.0945 e. The van der Waals surface area contributed by atoms with Gasteiger partial charge in [-0.3, -0.25) is 0 Å². The molecule has 4 heteroatoms. The maximum atomic E-state index is 9.88. The van der Waals surface area contributed by atoms with Crippen molar-refractivity contribution < 1.29 is 9.84 Å². The van der Waals surface area contributed by atoms with E-state index < -0.39 is 6.10 Å². The number of nitrogens with one attached hydrogen (secondary N) is 1. The molecule has 20 heavy (non-hydrogen) atoms. The maximum Gasteiger partial charge on any atom is 0.0945 e. The number of anilines is 1. The van der Waals surface area contributed by atoms with Crippen molar-refractivity contribution in [1.82, 2.24) is 0 Å². The fourth-order valence-electron chi connectivity index (χ4n) is 2.43. The monoisotopic (exact) mass is 274 g/mol. The van der Waals surface area contributed by atoms with Crippen molar-refractivity contribution in [2.45, 2.75) is 44.3 Å². The number of hydrogen-bond donors (Lipinski definition) is 2. The van der Waals surface area contributed by atoms with E-state index in [0.29, 0.717) is 25.7 Å². The van der Waals surface area contributed by atoms with Crippen LogP contribution in [0.5, 0.6) is 0 Å². The number of benzene rings is 1. The molecule has 108 valence electrons. The van der Waals surface area contributed by atoms with Crippen LogP contribution in [0.4, 0.5) is 5.69 Å². The second-order valence-corrected chi connectivity index (χ2v) is 5.31. The minimum absolute atomic E-state index is 0.343. The molecule has 1 aromatic rings. The second-order valence-electron chi connectivity index (χ2n) is 5.31. The van der Waals surface area contributed by atoms with Gasteiger partial charge in [0, 0.05) is 12.2 Å². The Balaban J connectivity index is 1.67. The van der Waals surface area contributed by atoms with Crippen molar-refractivity contribution in [3.63, 3.8) is 0 Å². The Morgan fingerprint density at radius 3 is 2.65 bits per heavy atom. The van der Waals surface area contributed by atoms with Gasteiger partial charge in [-0.25, -0.2) is 0 Å². The number of ether oxygens (including phenoxy) is 1. The van der Waals surface area contributed by atoms with Gasteiger partial charge in [-0.1, -0.05) is 25.0 Å². The summed E-state index contributed by atoms with van der Waals surface area (Å²) >= 11 is 0. The number of nitrogens with zero attached hydrogens (tertiary/aromatic N) is 1. The molecule has 4 nitrogen and oxygen atoms in total. The fourth-order valence-corrected chi connectivity index (χ4v) is 2.43. The Morgan fingerprint density at radius 1 is 1.30 bits per heavy atom. The molecule has 0 bridgehead atoms. The van der Waals surface area contributed by atoms with E-state index in [2.05, 4.69) is 11.4 Å². The van der Waals surface area contributed by atoms with Crippen LogP contribution in [-0.4, -0.2) is 30.5 Å².